The van der Waals surface area contributed by atoms with Crippen LogP contribution in [0.4, 0.5) is 4.39 Å². The predicted molar refractivity (Wildman–Crippen MR) is 59.8 cm³/mol. The van der Waals surface area contributed by atoms with Crippen molar-refractivity contribution in [2.45, 2.75) is 25.0 Å². The quantitative estimate of drug-likeness (QED) is 0.868. The molecule has 0 unspecified atom stereocenters. The Morgan fingerprint density at radius 2 is 2.20 bits per heavy atom. The summed E-state index contributed by atoms with van der Waals surface area (Å²) in [6, 6.07) is 4.71. The van der Waals surface area contributed by atoms with Crippen LogP contribution in [0.1, 0.15) is 18.9 Å². The van der Waals surface area contributed by atoms with Crippen LogP contribution in [0.15, 0.2) is 22.7 Å². The minimum absolute atomic E-state index is 0.0405. The highest BCUT2D eigenvalue weighted by atomic mass is 79.9. The molecule has 0 bridgehead atoms. The van der Waals surface area contributed by atoms with Gasteiger partial charge in [-0.15, -0.1) is 0 Å². The number of aliphatic hydroxyl groups excluding tert-OH is 1. The fourth-order valence-corrected chi connectivity index (χ4v) is 2.30. The zero-order valence-corrected chi connectivity index (χ0v) is 9.96. The van der Waals surface area contributed by atoms with Gasteiger partial charge in [0.05, 0.1) is 6.10 Å². The lowest BCUT2D eigenvalue weighted by molar-refractivity contribution is 0.228. The summed E-state index contributed by atoms with van der Waals surface area (Å²) in [4.78, 5) is 0. The van der Waals surface area contributed by atoms with Crippen LogP contribution in [0.5, 0.6) is 0 Å². The summed E-state index contributed by atoms with van der Waals surface area (Å²) >= 11 is 3.29. The van der Waals surface area contributed by atoms with E-state index in [4.69, 9.17) is 5.73 Å². The van der Waals surface area contributed by atoms with Crippen LogP contribution in [0.2, 0.25) is 0 Å². The Morgan fingerprint density at radius 3 is 2.73 bits per heavy atom. The maximum atomic E-state index is 13.6. The van der Waals surface area contributed by atoms with E-state index < -0.39 is 11.6 Å². The number of rotatable bonds is 2. The van der Waals surface area contributed by atoms with Gasteiger partial charge >= 0.3 is 0 Å². The first-order chi connectivity index (χ1) is 6.93. The summed E-state index contributed by atoms with van der Waals surface area (Å²) in [5, 5.41) is 9.37. The van der Waals surface area contributed by atoms with Crippen molar-refractivity contribution in [1.29, 1.82) is 0 Å². The van der Waals surface area contributed by atoms with Gasteiger partial charge in [-0.1, -0.05) is 15.9 Å². The van der Waals surface area contributed by atoms with Crippen molar-refractivity contribution in [2.75, 3.05) is 0 Å². The zero-order chi connectivity index (χ0) is 11.2. The van der Waals surface area contributed by atoms with E-state index in [9.17, 15) is 9.50 Å². The van der Waals surface area contributed by atoms with Gasteiger partial charge in [-0.25, -0.2) is 4.39 Å². The van der Waals surface area contributed by atoms with Crippen LogP contribution < -0.4 is 5.73 Å². The first-order valence-corrected chi connectivity index (χ1v) is 5.64. The molecule has 1 saturated carbocycles. The molecule has 1 fully saturated rings. The molecule has 82 valence electrons. The number of benzene rings is 1. The van der Waals surface area contributed by atoms with Crippen molar-refractivity contribution in [3.05, 3.63) is 34.1 Å². The summed E-state index contributed by atoms with van der Waals surface area (Å²) in [5.74, 6) is -0.358. The van der Waals surface area contributed by atoms with Crippen LogP contribution in [0.25, 0.3) is 0 Å². The van der Waals surface area contributed by atoms with Gasteiger partial charge in [-0.3, -0.25) is 0 Å². The first-order valence-electron chi connectivity index (χ1n) is 4.85. The lowest BCUT2D eigenvalue weighted by Crippen LogP contribution is -2.37. The number of aliphatic hydroxyl groups is 1. The molecule has 4 heteroatoms. The Morgan fingerprint density at radius 1 is 1.60 bits per heavy atom. The first kappa shape index (κ1) is 11.0. The van der Waals surface area contributed by atoms with Gasteiger partial charge in [0, 0.05) is 21.5 Å². The van der Waals surface area contributed by atoms with Crippen LogP contribution in [0, 0.1) is 11.7 Å². The molecule has 1 aliphatic rings. The van der Waals surface area contributed by atoms with Gasteiger partial charge < -0.3 is 10.8 Å². The smallest absolute Gasteiger partial charge is 0.128 e. The van der Waals surface area contributed by atoms with Gasteiger partial charge in [0.15, 0.2) is 0 Å². The van der Waals surface area contributed by atoms with Gasteiger partial charge in [0.25, 0.3) is 0 Å². The molecule has 3 N–H and O–H groups in total. The summed E-state index contributed by atoms with van der Waals surface area (Å²) in [7, 11) is 0. The number of hydrogen-bond acceptors (Lipinski definition) is 2. The van der Waals surface area contributed by atoms with E-state index in [0.717, 1.165) is 4.47 Å². The molecule has 0 aliphatic heterocycles. The molecule has 0 amide bonds. The molecule has 1 aromatic rings. The highest BCUT2D eigenvalue weighted by Crippen LogP contribution is 2.45. The number of hydrogen-bond donors (Lipinski definition) is 2. The average molecular weight is 274 g/mol. The minimum Gasteiger partial charge on any atom is -0.393 e. The van der Waals surface area contributed by atoms with E-state index in [1.807, 2.05) is 0 Å². The third kappa shape index (κ3) is 1.94. The van der Waals surface area contributed by atoms with Crippen molar-refractivity contribution in [3.63, 3.8) is 0 Å². The average Bonchev–Trinajstić information content (AvgIpc) is 2.87. The maximum absolute atomic E-state index is 13.6. The Kier molecular flexibility index (Phi) is 2.61. The minimum atomic E-state index is -0.798. The highest BCUT2D eigenvalue weighted by molar-refractivity contribution is 9.10. The van der Waals surface area contributed by atoms with Crippen molar-refractivity contribution in [3.8, 4) is 0 Å². The lowest BCUT2D eigenvalue weighted by Gasteiger charge is -2.25. The topological polar surface area (TPSA) is 46.2 Å². The molecule has 0 aromatic heterocycles. The van der Waals surface area contributed by atoms with E-state index in [2.05, 4.69) is 15.9 Å². The molecule has 15 heavy (non-hydrogen) atoms. The fourth-order valence-electron chi connectivity index (χ4n) is 1.94. The van der Waals surface area contributed by atoms with Crippen molar-refractivity contribution in [1.82, 2.24) is 0 Å². The highest BCUT2D eigenvalue weighted by Gasteiger charge is 2.49. The molecule has 0 heterocycles. The van der Waals surface area contributed by atoms with Crippen LogP contribution in [0.3, 0.4) is 0 Å². The zero-order valence-electron chi connectivity index (χ0n) is 8.37. The molecule has 1 aromatic carbocycles. The summed E-state index contributed by atoms with van der Waals surface area (Å²) in [5.41, 5.74) is 5.74. The summed E-state index contributed by atoms with van der Waals surface area (Å²) in [6.07, 6.45) is 0.261. The van der Waals surface area contributed by atoms with E-state index in [1.54, 1.807) is 19.1 Å². The largest absolute Gasteiger partial charge is 0.393 e. The maximum Gasteiger partial charge on any atom is 0.128 e. The Labute approximate surface area is 96.4 Å². The molecule has 0 saturated heterocycles. The monoisotopic (exact) mass is 273 g/mol. The Bertz CT molecular complexity index is 394. The van der Waals surface area contributed by atoms with E-state index in [1.165, 1.54) is 6.07 Å². The normalized spacial score (nSPS) is 28.6. The molecule has 2 rings (SSSR count). The standard InChI is InChI=1S/C11H13BrFNO/c1-11(14,8-5-10(8)15)7-4-6(12)2-3-9(7)13/h2-4,8,10,15H,5,14H2,1H3/t8-,10+,11+/m1/s1. The molecule has 2 nitrogen and oxygen atoms in total. The van der Waals surface area contributed by atoms with Crippen LogP contribution >= 0.6 is 15.9 Å². The summed E-state index contributed by atoms with van der Waals surface area (Å²) in [6.45, 7) is 1.76. The predicted octanol–water partition coefficient (Wildman–Crippen LogP) is 2.14. The van der Waals surface area contributed by atoms with Gasteiger partial charge in [0.1, 0.15) is 5.82 Å². The van der Waals surface area contributed by atoms with Crippen LogP contribution in [-0.2, 0) is 5.54 Å². The molecule has 0 radical (unpaired) electrons. The lowest BCUT2D eigenvalue weighted by atomic mass is 9.87. The Balaban J connectivity index is 2.39. The van der Waals surface area contributed by atoms with Crippen LogP contribution in [-0.4, -0.2) is 11.2 Å². The third-order valence-corrected chi connectivity index (χ3v) is 3.53. The van der Waals surface area contributed by atoms with Gasteiger partial charge in [0.2, 0.25) is 0 Å². The Hall–Kier alpha value is -0.450. The van der Waals surface area contributed by atoms with E-state index in [0.29, 0.717) is 12.0 Å². The van der Waals surface area contributed by atoms with Crippen molar-refractivity contribution in [2.24, 2.45) is 11.7 Å². The number of halogens is 2. The van der Waals surface area contributed by atoms with Crippen molar-refractivity contribution < 1.29 is 9.50 Å². The SMILES string of the molecule is C[C@](N)(c1cc(Br)ccc1F)[C@@H]1C[C@@H]1O. The second kappa shape index (κ2) is 3.54. The molecular formula is C11H13BrFNO. The molecule has 3 atom stereocenters. The second-order valence-corrected chi connectivity index (χ2v) is 5.23. The third-order valence-electron chi connectivity index (χ3n) is 3.04. The molecule has 0 spiro atoms. The molecular weight excluding hydrogens is 261 g/mol. The van der Waals surface area contributed by atoms with Crippen molar-refractivity contribution >= 4 is 15.9 Å². The fraction of sp³-hybridized carbons (Fsp3) is 0.455. The second-order valence-electron chi connectivity index (χ2n) is 4.32. The van der Waals surface area contributed by atoms with E-state index >= 15 is 0 Å². The molecule has 1 aliphatic carbocycles. The van der Waals surface area contributed by atoms with Gasteiger partial charge in [-0.2, -0.15) is 0 Å². The summed E-state index contributed by atoms with van der Waals surface area (Å²) < 4.78 is 14.4. The van der Waals surface area contributed by atoms with Gasteiger partial charge in [-0.05, 0) is 31.5 Å². The number of nitrogens with two attached hydrogens (primary N) is 1. The van der Waals surface area contributed by atoms with E-state index in [-0.39, 0.29) is 11.7 Å².